The summed E-state index contributed by atoms with van der Waals surface area (Å²) in [6.45, 7) is 8.52. The Labute approximate surface area is 234 Å². The summed E-state index contributed by atoms with van der Waals surface area (Å²) in [5, 5.41) is 22.1. The van der Waals surface area contributed by atoms with Crippen LogP contribution < -0.4 is 5.32 Å². The van der Waals surface area contributed by atoms with Crippen LogP contribution >= 0.6 is 0 Å². The van der Waals surface area contributed by atoms with E-state index < -0.39 is 17.7 Å². The SMILES string of the molecule is CCCCN1C(=O)[C@@H]([C@H](O)C2CCCCC2)NC(=O)C12CCN(C(c1c(C)n[nH]c1C)C1CCCCC1)CC2. The number of unbranched alkanes of at least 4 members (excludes halogenated alkanes) is 1. The smallest absolute Gasteiger partial charge is 0.248 e. The fraction of sp³-hybridized carbons (Fsp3) is 0.839. The third-order valence-corrected chi connectivity index (χ3v) is 10.6. The highest BCUT2D eigenvalue weighted by molar-refractivity contribution is 6.00. The summed E-state index contributed by atoms with van der Waals surface area (Å²) >= 11 is 0. The summed E-state index contributed by atoms with van der Waals surface area (Å²) < 4.78 is 0. The van der Waals surface area contributed by atoms with E-state index in [4.69, 9.17) is 0 Å². The molecular formula is C31H51N5O3. The first-order valence-electron chi connectivity index (χ1n) is 15.9. The van der Waals surface area contributed by atoms with Gasteiger partial charge in [0.2, 0.25) is 11.8 Å². The van der Waals surface area contributed by atoms with E-state index in [1.807, 2.05) is 4.90 Å². The molecule has 2 aliphatic carbocycles. The van der Waals surface area contributed by atoms with Crippen molar-refractivity contribution in [1.29, 1.82) is 0 Å². The molecule has 4 aliphatic rings. The summed E-state index contributed by atoms with van der Waals surface area (Å²) in [6, 6.07) is -0.513. The van der Waals surface area contributed by atoms with Crippen LogP contribution in [0.5, 0.6) is 0 Å². The van der Waals surface area contributed by atoms with E-state index in [0.29, 0.717) is 31.3 Å². The van der Waals surface area contributed by atoms with E-state index in [1.165, 1.54) is 44.1 Å². The van der Waals surface area contributed by atoms with Crippen molar-refractivity contribution in [3.05, 3.63) is 17.0 Å². The van der Waals surface area contributed by atoms with Gasteiger partial charge in [0, 0.05) is 36.9 Å². The van der Waals surface area contributed by atoms with Crippen molar-refractivity contribution >= 4 is 11.8 Å². The number of nitrogens with one attached hydrogen (secondary N) is 2. The fourth-order valence-corrected chi connectivity index (χ4v) is 8.29. The molecule has 39 heavy (non-hydrogen) atoms. The van der Waals surface area contributed by atoms with Gasteiger partial charge in [-0.05, 0) is 70.6 Å². The molecule has 3 N–H and O–H groups in total. The predicted molar refractivity (Wildman–Crippen MR) is 152 cm³/mol. The molecule has 3 heterocycles. The summed E-state index contributed by atoms with van der Waals surface area (Å²) in [4.78, 5) is 32.4. The second-order valence-electron chi connectivity index (χ2n) is 12.9. The molecule has 0 aromatic carbocycles. The van der Waals surface area contributed by atoms with Crippen LogP contribution in [0.1, 0.15) is 120 Å². The molecule has 2 saturated heterocycles. The van der Waals surface area contributed by atoms with Gasteiger partial charge in [-0.15, -0.1) is 0 Å². The van der Waals surface area contributed by atoms with E-state index in [9.17, 15) is 14.7 Å². The maximum Gasteiger partial charge on any atom is 0.248 e. The molecule has 218 valence electrons. The van der Waals surface area contributed by atoms with Crippen LogP contribution in [0.3, 0.4) is 0 Å². The third-order valence-electron chi connectivity index (χ3n) is 10.6. The van der Waals surface area contributed by atoms with Crippen molar-refractivity contribution in [3.8, 4) is 0 Å². The number of nitrogens with zero attached hydrogens (tertiary/aromatic N) is 3. The number of piperazine rings is 1. The first kappa shape index (κ1) is 28.6. The van der Waals surface area contributed by atoms with Crippen LogP contribution in [0, 0.1) is 25.7 Å². The maximum absolute atomic E-state index is 14.0. The Kier molecular flexibility index (Phi) is 9.01. The number of piperidine rings is 1. The number of amides is 2. The number of rotatable bonds is 8. The zero-order valence-corrected chi connectivity index (χ0v) is 24.5. The van der Waals surface area contributed by atoms with E-state index >= 15 is 0 Å². The van der Waals surface area contributed by atoms with Gasteiger partial charge in [-0.1, -0.05) is 51.9 Å². The number of aliphatic hydroxyl groups excluding tert-OH is 1. The minimum atomic E-state index is -0.816. The number of likely N-dealkylation sites (tertiary alicyclic amines) is 1. The first-order chi connectivity index (χ1) is 18.9. The van der Waals surface area contributed by atoms with Crippen molar-refractivity contribution in [1.82, 2.24) is 25.3 Å². The van der Waals surface area contributed by atoms with Gasteiger partial charge in [-0.3, -0.25) is 19.6 Å². The molecular weight excluding hydrogens is 490 g/mol. The van der Waals surface area contributed by atoms with Gasteiger partial charge in [-0.2, -0.15) is 5.10 Å². The lowest BCUT2D eigenvalue weighted by Gasteiger charge is -2.54. The third kappa shape index (κ3) is 5.52. The van der Waals surface area contributed by atoms with Crippen molar-refractivity contribution in [3.63, 3.8) is 0 Å². The summed E-state index contributed by atoms with van der Waals surface area (Å²) in [7, 11) is 0. The lowest BCUT2D eigenvalue weighted by atomic mass is 9.75. The van der Waals surface area contributed by atoms with Crippen LogP contribution in [0.4, 0.5) is 0 Å². The molecule has 1 unspecified atom stereocenters. The number of H-pyrrole nitrogens is 1. The Morgan fingerprint density at radius 3 is 2.15 bits per heavy atom. The van der Waals surface area contributed by atoms with Crippen molar-refractivity contribution in [2.45, 2.75) is 134 Å². The number of hydrogen-bond donors (Lipinski definition) is 3. The zero-order chi connectivity index (χ0) is 27.6. The minimum absolute atomic E-state index is 0.0531. The summed E-state index contributed by atoms with van der Waals surface area (Å²) in [5.41, 5.74) is 2.75. The molecule has 2 saturated carbocycles. The average Bonchev–Trinajstić information content (AvgIpc) is 3.30. The van der Waals surface area contributed by atoms with Gasteiger partial charge in [0.1, 0.15) is 11.6 Å². The van der Waals surface area contributed by atoms with Gasteiger partial charge in [-0.25, -0.2) is 0 Å². The first-order valence-corrected chi connectivity index (χ1v) is 15.9. The Balaban J connectivity index is 1.37. The van der Waals surface area contributed by atoms with Crippen LogP contribution in [0.2, 0.25) is 0 Å². The number of hydrogen-bond acceptors (Lipinski definition) is 5. The monoisotopic (exact) mass is 541 g/mol. The molecule has 2 aliphatic heterocycles. The number of aliphatic hydroxyl groups is 1. The topological polar surface area (TPSA) is 102 Å². The fourth-order valence-electron chi connectivity index (χ4n) is 8.29. The van der Waals surface area contributed by atoms with E-state index in [1.54, 1.807) is 0 Å². The number of carbonyl (C=O) groups excluding carboxylic acids is 2. The maximum atomic E-state index is 14.0. The summed E-state index contributed by atoms with van der Waals surface area (Å²) in [5.74, 6) is 0.563. The highest BCUT2D eigenvalue weighted by Crippen LogP contribution is 2.44. The normalized spacial score (nSPS) is 27.1. The van der Waals surface area contributed by atoms with Crippen LogP contribution in [-0.4, -0.2) is 74.2 Å². The second kappa shape index (κ2) is 12.3. The number of aromatic nitrogens is 2. The quantitative estimate of drug-likeness (QED) is 0.448. The molecule has 5 rings (SSSR count). The van der Waals surface area contributed by atoms with E-state index in [2.05, 4.69) is 41.2 Å². The molecule has 8 nitrogen and oxygen atoms in total. The Morgan fingerprint density at radius 1 is 0.974 bits per heavy atom. The van der Waals surface area contributed by atoms with Gasteiger partial charge in [0.15, 0.2) is 0 Å². The van der Waals surface area contributed by atoms with Gasteiger partial charge in [0.25, 0.3) is 0 Å². The largest absolute Gasteiger partial charge is 0.390 e. The predicted octanol–water partition coefficient (Wildman–Crippen LogP) is 4.55. The molecule has 1 aromatic heterocycles. The number of aryl methyl sites for hydroxylation is 2. The molecule has 0 radical (unpaired) electrons. The summed E-state index contributed by atoms with van der Waals surface area (Å²) in [6.07, 6.45) is 13.9. The molecule has 1 aromatic rings. The molecule has 2 amide bonds. The molecule has 8 heteroatoms. The van der Waals surface area contributed by atoms with Crippen molar-refractivity contribution in [2.24, 2.45) is 11.8 Å². The Bertz CT molecular complexity index is 969. The van der Waals surface area contributed by atoms with Gasteiger partial charge >= 0.3 is 0 Å². The lowest BCUT2D eigenvalue weighted by Crippen LogP contribution is -2.75. The van der Waals surface area contributed by atoms with Crippen molar-refractivity contribution < 1.29 is 14.7 Å². The van der Waals surface area contributed by atoms with Crippen LogP contribution in [0.25, 0.3) is 0 Å². The van der Waals surface area contributed by atoms with E-state index in [0.717, 1.165) is 63.0 Å². The highest BCUT2D eigenvalue weighted by atomic mass is 16.3. The standard InChI is InChI=1S/C31H51N5O3/c1-4-5-18-36-29(38)26(28(37)24-14-10-7-11-15-24)32-30(39)31(36)16-19-35(20-17-31)27(23-12-8-6-9-13-23)25-21(2)33-34-22(25)3/h23-24,26-28,37H,4-20H2,1-3H3,(H,32,39)(H,33,34)/t26-,27?,28-/m1/s1. The highest BCUT2D eigenvalue weighted by Gasteiger charge is 2.56. The molecule has 3 atom stereocenters. The average molecular weight is 542 g/mol. The van der Waals surface area contributed by atoms with E-state index in [-0.39, 0.29) is 17.7 Å². The minimum Gasteiger partial charge on any atom is -0.390 e. The second-order valence-corrected chi connectivity index (χ2v) is 12.9. The van der Waals surface area contributed by atoms with Gasteiger partial charge < -0.3 is 15.3 Å². The molecule has 4 fully saturated rings. The lowest BCUT2D eigenvalue weighted by molar-refractivity contribution is -0.166. The Hall–Kier alpha value is -1.93. The number of carbonyl (C=O) groups is 2. The number of aromatic amines is 1. The molecule has 1 spiro atoms. The van der Waals surface area contributed by atoms with Crippen LogP contribution in [0.15, 0.2) is 0 Å². The molecule has 0 bridgehead atoms. The zero-order valence-electron chi connectivity index (χ0n) is 24.5. The Morgan fingerprint density at radius 2 is 1.59 bits per heavy atom. The van der Waals surface area contributed by atoms with Crippen molar-refractivity contribution in [2.75, 3.05) is 19.6 Å². The van der Waals surface area contributed by atoms with Gasteiger partial charge in [0.05, 0.1) is 11.8 Å². The van der Waals surface area contributed by atoms with Crippen LogP contribution in [-0.2, 0) is 9.59 Å².